The van der Waals surface area contributed by atoms with Gasteiger partial charge in [0.05, 0.1) is 12.4 Å². The van der Waals surface area contributed by atoms with Crippen LogP contribution in [0.1, 0.15) is 43.0 Å². The molecule has 3 rings (SSSR count). The van der Waals surface area contributed by atoms with Crippen molar-refractivity contribution in [2.24, 2.45) is 4.99 Å². The Morgan fingerprint density at radius 1 is 1.00 bits per heavy atom. The molecule has 0 fully saturated rings. The number of nitrogens with one attached hydrogen (secondary N) is 1. The molecule has 0 saturated heterocycles. The number of ether oxygens (including phenoxy) is 2. The van der Waals surface area contributed by atoms with Gasteiger partial charge in [-0.05, 0) is 81.1 Å². The van der Waals surface area contributed by atoms with Gasteiger partial charge in [0, 0.05) is 12.2 Å². The first-order chi connectivity index (χ1) is 15.9. The Hall–Kier alpha value is -3.37. The molecule has 0 heterocycles. The molecule has 0 amide bonds. The van der Waals surface area contributed by atoms with Crippen LogP contribution in [0, 0.1) is 13.8 Å². The Morgan fingerprint density at radius 2 is 1.73 bits per heavy atom. The third-order valence-electron chi connectivity index (χ3n) is 5.66. The SMILES string of the molecule is C=CCOC(C)(c1ccccc1)c1cccc(Oc2cc(C)c(NC(C)=NCC)cc2C)c1. The van der Waals surface area contributed by atoms with Crippen molar-refractivity contribution in [3.8, 4) is 11.5 Å². The van der Waals surface area contributed by atoms with Crippen LogP contribution in [0.2, 0.25) is 0 Å². The van der Waals surface area contributed by atoms with Crippen LogP contribution in [0.25, 0.3) is 0 Å². The van der Waals surface area contributed by atoms with E-state index in [1.54, 1.807) is 6.08 Å². The summed E-state index contributed by atoms with van der Waals surface area (Å²) in [4.78, 5) is 4.42. The normalized spacial score (nSPS) is 13.3. The Kier molecular flexibility index (Phi) is 8.07. The second-order valence-corrected chi connectivity index (χ2v) is 8.25. The summed E-state index contributed by atoms with van der Waals surface area (Å²) in [5.74, 6) is 2.50. The average Bonchev–Trinajstić information content (AvgIpc) is 2.81. The van der Waals surface area contributed by atoms with Crippen LogP contribution in [-0.2, 0) is 10.3 Å². The van der Waals surface area contributed by atoms with Crippen LogP contribution in [-0.4, -0.2) is 19.0 Å². The van der Waals surface area contributed by atoms with Gasteiger partial charge in [0.2, 0.25) is 0 Å². The maximum absolute atomic E-state index is 6.34. The summed E-state index contributed by atoms with van der Waals surface area (Å²) in [6, 6.07) is 22.5. The van der Waals surface area contributed by atoms with Gasteiger partial charge >= 0.3 is 0 Å². The van der Waals surface area contributed by atoms with Crippen LogP contribution in [0.4, 0.5) is 5.69 Å². The van der Waals surface area contributed by atoms with E-state index in [-0.39, 0.29) is 0 Å². The highest BCUT2D eigenvalue weighted by Gasteiger charge is 2.30. The molecule has 0 bridgehead atoms. The number of benzene rings is 3. The summed E-state index contributed by atoms with van der Waals surface area (Å²) in [6.45, 7) is 15.2. The molecule has 4 nitrogen and oxygen atoms in total. The zero-order chi connectivity index (χ0) is 23.8. The lowest BCUT2D eigenvalue weighted by Crippen LogP contribution is -2.27. The number of amidine groups is 1. The summed E-state index contributed by atoms with van der Waals surface area (Å²) >= 11 is 0. The van der Waals surface area contributed by atoms with E-state index in [0.29, 0.717) is 6.61 Å². The standard InChI is InChI=1S/C29H34N2O2/c1-7-17-32-29(6,24-13-10-9-11-14-24)25-15-12-16-26(20-25)33-28-19-21(3)27(18-22(28)4)31-23(5)30-8-2/h7,9-16,18-20H,1,8,17H2,2-6H3,(H,30,31). The van der Waals surface area contributed by atoms with E-state index in [0.717, 1.165) is 51.8 Å². The molecule has 0 aromatic heterocycles. The van der Waals surface area contributed by atoms with Crippen LogP contribution in [0.3, 0.4) is 0 Å². The number of aryl methyl sites for hydroxylation is 2. The Bertz CT molecular complexity index is 1120. The first-order valence-corrected chi connectivity index (χ1v) is 11.4. The zero-order valence-electron chi connectivity index (χ0n) is 20.3. The van der Waals surface area contributed by atoms with E-state index < -0.39 is 5.60 Å². The van der Waals surface area contributed by atoms with Gasteiger partial charge in [-0.15, -0.1) is 6.58 Å². The van der Waals surface area contributed by atoms with Crippen LogP contribution in [0.5, 0.6) is 11.5 Å². The highest BCUT2D eigenvalue weighted by atomic mass is 16.5. The number of nitrogens with zero attached hydrogens (tertiary/aromatic N) is 1. The smallest absolute Gasteiger partial charge is 0.130 e. The molecular weight excluding hydrogens is 408 g/mol. The number of hydrogen-bond acceptors (Lipinski definition) is 3. The fourth-order valence-electron chi connectivity index (χ4n) is 3.80. The monoisotopic (exact) mass is 442 g/mol. The molecule has 172 valence electrons. The minimum absolute atomic E-state index is 0.448. The highest BCUT2D eigenvalue weighted by molar-refractivity contribution is 5.94. The number of hydrogen-bond donors (Lipinski definition) is 1. The predicted octanol–water partition coefficient (Wildman–Crippen LogP) is 7.41. The third-order valence-corrected chi connectivity index (χ3v) is 5.66. The third kappa shape index (κ3) is 5.91. The topological polar surface area (TPSA) is 42.9 Å². The second-order valence-electron chi connectivity index (χ2n) is 8.25. The second kappa shape index (κ2) is 11.0. The van der Waals surface area contributed by atoms with Gasteiger partial charge in [-0.2, -0.15) is 0 Å². The van der Waals surface area contributed by atoms with Gasteiger partial charge in [0.25, 0.3) is 0 Å². The maximum Gasteiger partial charge on any atom is 0.130 e. The molecule has 0 spiro atoms. The Morgan fingerprint density at radius 3 is 2.42 bits per heavy atom. The average molecular weight is 443 g/mol. The van der Waals surface area contributed by atoms with E-state index in [9.17, 15) is 0 Å². The van der Waals surface area contributed by atoms with Gasteiger partial charge < -0.3 is 14.8 Å². The van der Waals surface area contributed by atoms with E-state index in [1.165, 1.54) is 0 Å². The van der Waals surface area contributed by atoms with Crippen LogP contribution < -0.4 is 10.1 Å². The van der Waals surface area contributed by atoms with Gasteiger partial charge in [-0.1, -0.05) is 48.5 Å². The quantitative estimate of drug-likeness (QED) is 0.213. The van der Waals surface area contributed by atoms with Crippen LogP contribution in [0.15, 0.2) is 84.4 Å². The zero-order valence-corrected chi connectivity index (χ0v) is 20.3. The van der Waals surface area contributed by atoms with E-state index in [1.807, 2.05) is 44.2 Å². The first-order valence-electron chi connectivity index (χ1n) is 11.4. The largest absolute Gasteiger partial charge is 0.457 e. The molecule has 3 aromatic carbocycles. The summed E-state index contributed by atoms with van der Waals surface area (Å²) in [7, 11) is 0. The highest BCUT2D eigenvalue weighted by Crippen LogP contribution is 2.37. The fraction of sp³-hybridized carbons (Fsp3) is 0.276. The molecule has 0 aliphatic heterocycles. The maximum atomic E-state index is 6.34. The Labute approximate surface area is 198 Å². The number of anilines is 1. The number of aliphatic imine (C=N–C) groups is 1. The van der Waals surface area contributed by atoms with Crippen molar-refractivity contribution in [3.63, 3.8) is 0 Å². The van der Waals surface area contributed by atoms with E-state index in [2.05, 4.69) is 74.1 Å². The molecule has 0 aliphatic carbocycles. The lowest BCUT2D eigenvalue weighted by molar-refractivity contribution is 0.0139. The van der Waals surface area contributed by atoms with Crippen molar-refractivity contribution < 1.29 is 9.47 Å². The molecule has 0 saturated carbocycles. The molecule has 0 radical (unpaired) electrons. The first kappa shape index (κ1) is 24.3. The van der Waals surface area contributed by atoms with Crippen molar-refractivity contribution in [2.45, 2.75) is 40.2 Å². The predicted molar refractivity (Wildman–Crippen MR) is 139 cm³/mol. The molecule has 1 unspecified atom stereocenters. The molecule has 33 heavy (non-hydrogen) atoms. The van der Waals surface area contributed by atoms with Gasteiger partial charge in [0.15, 0.2) is 0 Å². The minimum Gasteiger partial charge on any atom is -0.457 e. The van der Waals surface area contributed by atoms with Gasteiger partial charge in [-0.3, -0.25) is 4.99 Å². The van der Waals surface area contributed by atoms with Crippen molar-refractivity contribution in [2.75, 3.05) is 18.5 Å². The molecule has 0 aliphatic rings. The summed E-state index contributed by atoms with van der Waals surface area (Å²) < 4.78 is 12.6. The minimum atomic E-state index is -0.621. The fourth-order valence-corrected chi connectivity index (χ4v) is 3.80. The molecule has 1 N–H and O–H groups in total. The van der Waals surface area contributed by atoms with Crippen molar-refractivity contribution in [1.82, 2.24) is 0 Å². The van der Waals surface area contributed by atoms with Crippen LogP contribution >= 0.6 is 0 Å². The van der Waals surface area contributed by atoms with E-state index in [4.69, 9.17) is 9.47 Å². The summed E-state index contributed by atoms with van der Waals surface area (Å²) in [5.41, 5.74) is 4.66. The lowest BCUT2D eigenvalue weighted by Gasteiger charge is -2.31. The van der Waals surface area contributed by atoms with Crippen molar-refractivity contribution in [3.05, 3.63) is 102 Å². The van der Waals surface area contributed by atoms with Gasteiger partial charge in [-0.25, -0.2) is 0 Å². The summed E-state index contributed by atoms with van der Waals surface area (Å²) in [5, 5.41) is 3.38. The molecular formula is C29H34N2O2. The number of rotatable bonds is 9. The summed E-state index contributed by atoms with van der Waals surface area (Å²) in [6.07, 6.45) is 1.77. The molecule has 3 aromatic rings. The lowest BCUT2D eigenvalue weighted by atomic mass is 9.87. The van der Waals surface area contributed by atoms with Gasteiger partial charge in [0.1, 0.15) is 17.1 Å². The molecule has 1 atom stereocenters. The molecule has 4 heteroatoms. The Balaban J connectivity index is 1.91. The van der Waals surface area contributed by atoms with Crippen molar-refractivity contribution >= 4 is 11.5 Å². The van der Waals surface area contributed by atoms with Crippen molar-refractivity contribution in [1.29, 1.82) is 0 Å². The van der Waals surface area contributed by atoms with E-state index >= 15 is 0 Å².